The van der Waals surface area contributed by atoms with Crippen LogP contribution in [0.2, 0.25) is 0 Å². The Kier molecular flexibility index (Phi) is 11.3. The lowest BCUT2D eigenvalue weighted by Crippen LogP contribution is -2.08. The van der Waals surface area contributed by atoms with Crippen molar-refractivity contribution in [3.8, 4) is 0 Å². The number of anilines is 3. The second kappa shape index (κ2) is 14.3. The average molecular weight is 606 g/mol. The zero-order valence-corrected chi connectivity index (χ0v) is 23.1. The summed E-state index contributed by atoms with van der Waals surface area (Å²) in [6.45, 7) is 3.65. The van der Waals surface area contributed by atoms with Gasteiger partial charge < -0.3 is 22.3 Å². The van der Waals surface area contributed by atoms with Gasteiger partial charge in [-0.05, 0) is 73.0 Å². The van der Waals surface area contributed by atoms with Crippen LogP contribution in [0.25, 0.3) is 0 Å². The van der Waals surface area contributed by atoms with Gasteiger partial charge in [-0.15, -0.1) is 0 Å². The minimum absolute atomic E-state index is 0.0909. The monoisotopic (exact) mass is 605 g/mol. The SMILES string of the molecule is Cc1ccc(C(=O)Cc2cccc(C(F)(F)F)c2)cc1N.Cc1ccc(C(=O)O)cc1N.Nc1cccc(C(F)(F)F)c1. The third-order valence-electron chi connectivity index (χ3n) is 5.96. The van der Waals surface area contributed by atoms with Crippen molar-refractivity contribution >= 4 is 28.8 Å². The molecule has 0 aliphatic heterocycles. The summed E-state index contributed by atoms with van der Waals surface area (Å²) in [6.07, 6.45) is -8.80. The topological polar surface area (TPSA) is 132 Å². The van der Waals surface area contributed by atoms with Crippen molar-refractivity contribution in [3.63, 3.8) is 0 Å². The summed E-state index contributed by atoms with van der Waals surface area (Å²) in [6, 6.07) is 18.9. The Bertz CT molecular complexity index is 1580. The van der Waals surface area contributed by atoms with Crippen molar-refractivity contribution in [2.45, 2.75) is 32.6 Å². The molecule has 6 nitrogen and oxygen atoms in total. The molecule has 0 aromatic heterocycles. The van der Waals surface area contributed by atoms with Crippen molar-refractivity contribution in [1.82, 2.24) is 0 Å². The normalized spacial score (nSPS) is 11.0. The zero-order valence-electron chi connectivity index (χ0n) is 23.1. The van der Waals surface area contributed by atoms with E-state index in [4.69, 9.17) is 22.3 Å². The van der Waals surface area contributed by atoms with Crippen LogP contribution in [-0.2, 0) is 18.8 Å². The molecule has 0 bridgehead atoms. The van der Waals surface area contributed by atoms with Crippen LogP contribution in [0.15, 0.2) is 84.9 Å². The molecule has 0 atom stereocenters. The number of alkyl halides is 6. The zero-order chi connectivity index (χ0) is 32.5. The number of hydrogen-bond acceptors (Lipinski definition) is 5. The molecule has 0 aliphatic rings. The molecule has 43 heavy (non-hydrogen) atoms. The van der Waals surface area contributed by atoms with Gasteiger partial charge in [-0.25, -0.2) is 4.79 Å². The Balaban J connectivity index is 0.000000247. The lowest BCUT2D eigenvalue weighted by atomic mass is 10.00. The van der Waals surface area contributed by atoms with E-state index in [1.807, 2.05) is 13.8 Å². The molecule has 0 spiro atoms. The van der Waals surface area contributed by atoms with Crippen LogP contribution in [0.3, 0.4) is 0 Å². The van der Waals surface area contributed by atoms with Gasteiger partial charge in [0, 0.05) is 29.0 Å². The van der Waals surface area contributed by atoms with Crippen LogP contribution in [-0.4, -0.2) is 16.9 Å². The van der Waals surface area contributed by atoms with E-state index in [0.717, 1.165) is 35.4 Å². The van der Waals surface area contributed by atoms with Crippen LogP contribution in [0.5, 0.6) is 0 Å². The number of carboxylic acid groups (broad SMARTS) is 1. The maximum atomic E-state index is 12.6. The first-order valence-electron chi connectivity index (χ1n) is 12.5. The summed E-state index contributed by atoms with van der Waals surface area (Å²) < 4.78 is 73.6. The number of benzene rings is 4. The second-order valence-electron chi connectivity index (χ2n) is 9.37. The van der Waals surface area contributed by atoms with Crippen molar-refractivity contribution < 1.29 is 41.0 Å². The van der Waals surface area contributed by atoms with Gasteiger partial charge in [-0.3, -0.25) is 4.79 Å². The maximum absolute atomic E-state index is 12.6. The van der Waals surface area contributed by atoms with E-state index in [2.05, 4.69) is 0 Å². The number of aromatic carboxylic acids is 1. The van der Waals surface area contributed by atoms with E-state index < -0.39 is 29.4 Å². The van der Waals surface area contributed by atoms with Gasteiger partial charge in [0.1, 0.15) is 0 Å². The summed E-state index contributed by atoms with van der Waals surface area (Å²) >= 11 is 0. The van der Waals surface area contributed by atoms with Crippen molar-refractivity contribution in [2.75, 3.05) is 17.2 Å². The fourth-order valence-electron chi connectivity index (χ4n) is 3.45. The lowest BCUT2D eigenvalue weighted by molar-refractivity contribution is -0.138. The number of halogens is 6. The molecule has 0 saturated heterocycles. The van der Waals surface area contributed by atoms with Crippen molar-refractivity contribution in [1.29, 1.82) is 0 Å². The molecule has 12 heteroatoms. The molecule has 0 amide bonds. The largest absolute Gasteiger partial charge is 0.478 e. The first-order valence-corrected chi connectivity index (χ1v) is 12.5. The molecule has 0 aliphatic carbocycles. The van der Waals surface area contributed by atoms with Gasteiger partial charge in [0.05, 0.1) is 16.7 Å². The highest BCUT2D eigenvalue weighted by atomic mass is 19.4. The van der Waals surface area contributed by atoms with Gasteiger partial charge in [0.15, 0.2) is 5.78 Å². The number of carboxylic acids is 1. The fourth-order valence-corrected chi connectivity index (χ4v) is 3.45. The Hall–Kier alpha value is -5.00. The molecule has 0 unspecified atom stereocenters. The number of nitrogens with two attached hydrogens (primary N) is 3. The summed E-state index contributed by atoms with van der Waals surface area (Å²) in [4.78, 5) is 22.5. The Morgan fingerprint density at radius 1 is 0.651 bits per heavy atom. The molecular weight excluding hydrogens is 576 g/mol. The first-order chi connectivity index (χ1) is 19.9. The van der Waals surface area contributed by atoms with E-state index in [-0.39, 0.29) is 23.5 Å². The molecular formula is C31H29F6N3O3. The first kappa shape index (κ1) is 34.2. The molecule has 0 fully saturated rings. The van der Waals surface area contributed by atoms with Crippen LogP contribution >= 0.6 is 0 Å². The van der Waals surface area contributed by atoms with Gasteiger partial charge in [-0.1, -0.05) is 42.5 Å². The van der Waals surface area contributed by atoms with Crippen molar-refractivity contribution in [2.24, 2.45) is 0 Å². The standard InChI is InChI=1S/C16H14F3NO.C8H9NO2.C7H6F3N/c1-10-5-6-12(9-14(10)20)15(21)8-11-3-2-4-13(7-11)16(17,18)19;1-5-2-3-6(8(10)11)4-7(5)9;8-7(9,10)5-2-1-3-6(11)4-5/h2-7,9H,8,20H2,1H3;2-4H,9H2,1H3,(H,10,11);1-4H,11H2. The summed E-state index contributed by atoms with van der Waals surface area (Å²) in [7, 11) is 0. The Morgan fingerprint density at radius 3 is 1.56 bits per heavy atom. The van der Waals surface area contributed by atoms with Gasteiger partial charge >= 0.3 is 18.3 Å². The molecule has 7 N–H and O–H groups in total. The molecule has 4 aromatic rings. The van der Waals surface area contributed by atoms with Crippen LogP contribution < -0.4 is 17.2 Å². The number of Topliss-reactive ketones (excluding diaryl/α,β-unsaturated/α-hetero) is 1. The van der Waals surface area contributed by atoms with Crippen LogP contribution in [0.4, 0.5) is 43.4 Å². The summed E-state index contributed by atoms with van der Waals surface area (Å²) in [5.74, 6) is -1.21. The van der Waals surface area contributed by atoms with Gasteiger partial charge in [0.2, 0.25) is 0 Å². The van der Waals surface area contributed by atoms with E-state index >= 15 is 0 Å². The molecule has 4 aromatic carbocycles. The average Bonchev–Trinajstić information content (AvgIpc) is 2.91. The Labute approximate surface area is 243 Å². The maximum Gasteiger partial charge on any atom is 0.416 e. The van der Waals surface area contributed by atoms with Crippen LogP contribution in [0.1, 0.15) is 48.5 Å². The third kappa shape index (κ3) is 10.7. The molecule has 228 valence electrons. The highest BCUT2D eigenvalue weighted by molar-refractivity contribution is 5.98. The minimum atomic E-state index is -4.41. The fraction of sp³-hybridized carbons (Fsp3) is 0.161. The van der Waals surface area contributed by atoms with E-state index in [0.29, 0.717) is 22.5 Å². The smallest absolute Gasteiger partial charge is 0.416 e. The number of hydrogen-bond donors (Lipinski definition) is 4. The predicted octanol–water partition coefficient (Wildman–Crippen LogP) is 7.58. The Morgan fingerprint density at radius 2 is 1.12 bits per heavy atom. The molecule has 0 radical (unpaired) electrons. The summed E-state index contributed by atoms with van der Waals surface area (Å²) in [5.41, 5.74) is 18.8. The van der Waals surface area contributed by atoms with E-state index in [1.165, 1.54) is 36.4 Å². The summed E-state index contributed by atoms with van der Waals surface area (Å²) in [5, 5.41) is 8.54. The minimum Gasteiger partial charge on any atom is -0.478 e. The van der Waals surface area contributed by atoms with Gasteiger partial charge in [-0.2, -0.15) is 26.3 Å². The van der Waals surface area contributed by atoms with E-state index in [9.17, 15) is 35.9 Å². The quantitative estimate of drug-likeness (QED) is 0.108. The second-order valence-corrected chi connectivity index (χ2v) is 9.37. The predicted molar refractivity (Wildman–Crippen MR) is 153 cm³/mol. The highest BCUT2D eigenvalue weighted by Crippen LogP contribution is 2.30. The highest BCUT2D eigenvalue weighted by Gasteiger charge is 2.31. The number of aryl methyl sites for hydroxylation is 2. The number of carbonyl (C=O) groups is 2. The number of rotatable bonds is 4. The number of carbonyl (C=O) groups excluding carboxylic acids is 1. The lowest BCUT2D eigenvalue weighted by Gasteiger charge is -2.09. The van der Waals surface area contributed by atoms with Gasteiger partial charge in [0.25, 0.3) is 0 Å². The number of ketones is 1. The van der Waals surface area contributed by atoms with Crippen LogP contribution in [0, 0.1) is 13.8 Å². The third-order valence-corrected chi connectivity index (χ3v) is 5.96. The number of nitrogen functional groups attached to an aromatic ring is 3. The molecule has 0 heterocycles. The molecule has 4 rings (SSSR count). The van der Waals surface area contributed by atoms with Crippen molar-refractivity contribution in [3.05, 3.63) is 124 Å². The molecule has 0 saturated carbocycles. The van der Waals surface area contributed by atoms with E-state index in [1.54, 1.807) is 24.3 Å².